The Hall–Kier alpha value is -4.60. The maximum absolute atomic E-state index is 13.4. The van der Waals surface area contributed by atoms with Crippen LogP contribution in [-0.4, -0.2) is 55.6 Å². The third-order valence-corrected chi connectivity index (χ3v) is 6.60. The molecule has 1 aliphatic heterocycles. The van der Waals surface area contributed by atoms with Gasteiger partial charge in [-0.15, -0.1) is 0 Å². The summed E-state index contributed by atoms with van der Waals surface area (Å²) in [5.41, 5.74) is 4.17. The number of benzene rings is 3. The Kier molecular flexibility index (Phi) is 9.56. The van der Waals surface area contributed by atoms with Crippen LogP contribution in [0.5, 0.6) is 0 Å². The number of carbonyl (C=O) groups excluding carboxylic acids is 3. The highest BCUT2D eigenvalue weighted by molar-refractivity contribution is 6.02. The first kappa shape index (κ1) is 28.4. The van der Waals surface area contributed by atoms with Gasteiger partial charge in [-0.2, -0.15) is 0 Å². The maximum atomic E-state index is 13.4. The lowest BCUT2D eigenvalue weighted by Crippen LogP contribution is -2.38. The summed E-state index contributed by atoms with van der Waals surface area (Å²) in [7, 11) is 0. The summed E-state index contributed by atoms with van der Waals surface area (Å²) in [5, 5.41) is 11.3. The van der Waals surface area contributed by atoms with Gasteiger partial charge < -0.3 is 31.1 Å². The van der Waals surface area contributed by atoms with E-state index >= 15 is 0 Å². The largest absolute Gasteiger partial charge is 0.369 e. The van der Waals surface area contributed by atoms with Crippen molar-refractivity contribution in [3.63, 3.8) is 0 Å². The molecule has 1 saturated heterocycles. The summed E-state index contributed by atoms with van der Waals surface area (Å²) >= 11 is 0. The van der Waals surface area contributed by atoms with Crippen molar-refractivity contribution >= 4 is 35.0 Å². The molecule has 4 N–H and O–H groups in total. The fourth-order valence-corrected chi connectivity index (χ4v) is 4.57. The third-order valence-electron chi connectivity index (χ3n) is 6.60. The molecule has 0 aromatic heterocycles. The summed E-state index contributed by atoms with van der Waals surface area (Å²) in [6, 6.07) is 18.3. The molecule has 1 fully saturated rings. The molecule has 5 amide bonds. The Morgan fingerprint density at radius 2 is 1.62 bits per heavy atom. The normalized spacial score (nSPS) is 13.3. The molecule has 0 aliphatic carbocycles. The van der Waals surface area contributed by atoms with Gasteiger partial charge in [0.2, 0.25) is 0 Å². The van der Waals surface area contributed by atoms with Crippen LogP contribution in [-0.2, 0) is 6.54 Å². The number of nitrogens with one attached hydrogen (secondary N) is 4. The number of hydrogen-bond acceptors (Lipinski definition) is 4. The Morgan fingerprint density at radius 3 is 2.38 bits per heavy atom. The fourth-order valence-electron chi connectivity index (χ4n) is 4.57. The number of halogens is 1. The molecule has 0 unspecified atom stereocenters. The minimum Gasteiger partial charge on any atom is -0.369 e. The van der Waals surface area contributed by atoms with Gasteiger partial charge in [0.1, 0.15) is 5.82 Å². The van der Waals surface area contributed by atoms with Gasteiger partial charge in [0.05, 0.1) is 5.56 Å². The fraction of sp³-hybridized carbons (Fsp3) is 0.300. The Morgan fingerprint density at radius 1 is 0.850 bits per heavy atom. The number of amides is 5. The average Bonchev–Trinajstić information content (AvgIpc) is 3.19. The van der Waals surface area contributed by atoms with Gasteiger partial charge >= 0.3 is 12.1 Å². The van der Waals surface area contributed by atoms with Gasteiger partial charge in [-0.1, -0.05) is 24.3 Å². The van der Waals surface area contributed by atoms with Crippen LogP contribution >= 0.6 is 0 Å². The van der Waals surface area contributed by atoms with Crippen LogP contribution in [0.4, 0.5) is 31.0 Å². The first-order valence-corrected chi connectivity index (χ1v) is 13.4. The van der Waals surface area contributed by atoms with Crippen LogP contribution in [0.1, 0.15) is 34.8 Å². The highest BCUT2D eigenvalue weighted by Gasteiger charge is 2.23. The van der Waals surface area contributed by atoms with Crippen LogP contribution in [0.3, 0.4) is 0 Å². The van der Waals surface area contributed by atoms with Crippen molar-refractivity contribution in [2.75, 3.05) is 48.3 Å². The average molecular weight is 547 g/mol. The third kappa shape index (κ3) is 7.72. The molecule has 0 bridgehead atoms. The zero-order valence-corrected chi connectivity index (χ0v) is 22.8. The van der Waals surface area contributed by atoms with Crippen molar-refractivity contribution in [1.29, 1.82) is 0 Å². The van der Waals surface area contributed by atoms with Crippen molar-refractivity contribution in [3.8, 4) is 0 Å². The standard InChI is InChI=1S/C30H35FN6O3/c1-3-32-29(39)34-25-12-13-27(26(19-25)28(38)33-20-22-8-10-23(31)11-9-22)36-14-5-15-37(17-16-36)30(40)35-24-7-4-6-21(2)18-24/h4,6-13,18-19H,3,5,14-17,20H2,1-2H3,(H,33,38)(H,35,40)(H2,32,34,39). The van der Waals surface area contributed by atoms with Crippen LogP contribution in [0.15, 0.2) is 66.7 Å². The SMILES string of the molecule is CCNC(=O)Nc1ccc(N2CCCN(C(=O)Nc3cccc(C)c3)CC2)c(C(=O)NCc2ccc(F)cc2)c1. The number of nitrogens with zero attached hydrogens (tertiary/aromatic N) is 2. The van der Waals surface area contributed by atoms with Crippen molar-refractivity contribution in [1.82, 2.24) is 15.5 Å². The van der Waals surface area contributed by atoms with E-state index in [0.29, 0.717) is 49.7 Å². The van der Waals surface area contributed by atoms with Crippen LogP contribution in [0, 0.1) is 12.7 Å². The van der Waals surface area contributed by atoms with E-state index < -0.39 is 0 Å². The summed E-state index contributed by atoms with van der Waals surface area (Å²) in [6.45, 7) is 6.73. The quantitative estimate of drug-likeness (QED) is 0.337. The molecule has 10 heteroatoms. The zero-order chi connectivity index (χ0) is 28.5. The lowest BCUT2D eigenvalue weighted by molar-refractivity contribution is 0.0951. The summed E-state index contributed by atoms with van der Waals surface area (Å²) in [4.78, 5) is 42.3. The van der Waals surface area contributed by atoms with E-state index in [1.54, 1.807) is 29.2 Å². The molecule has 0 spiro atoms. The van der Waals surface area contributed by atoms with Gasteiger partial charge in [-0.3, -0.25) is 4.79 Å². The van der Waals surface area contributed by atoms with Crippen LogP contribution in [0.2, 0.25) is 0 Å². The molecule has 1 heterocycles. The molecule has 210 valence electrons. The second kappa shape index (κ2) is 13.5. The Balaban J connectivity index is 1.49. The summed E-state index contributed by atoms with van der Waals surface area (Å²) in [6.07, 6.45) is 0.719. The zero-order valence-electron chi connectivity index (χ0n) is 22.8. The monoisotopic (exact) mass is 546 g/mol. The van der Waals surface area contributed by atoms with E-state index in [0.717, 1.165) is 23.2 Å². The second-order valence-corrected chi connectivity index (χ2v) is 9.65. The molecule has 0 atom stereocenters. The number of rotatable bonds is 7. The topological polar surface area (TPSA) is 106 Å². The highest BCUT2D eigenvalue weighted by atomic mass is 19.1. The molecule has 0 saturated carbocycles. The number of aryl methyl sites for hydroxylation is 1. The highest BCUT2D eigenvalue weighted by Crippen LogP contribution is 2.26. The molecule has 40 heavy (non-hydrogen) atoms. The molecule has 3 aromatic rings. The number of hydrogen-bond donors (Lipinski definition) is 4. The predicted octanol–water partition coefficient (Wildman–Crippen LogP) is 4.95. The lowest BCUT2D eigenvalue weighted by Gasteiger charge is -2.26. The van der Waals surface area contributed by atoms with E-state index in [4.69, 9.17) is 0 Å². The van der Waals surface area contributed by atoms with Gasteiger partial charge in [0, 0.05) is 56.3 Å². The Labute approximate surface area is 233 Å². The van der Waals surface area contributed by atoms with Gasteiger partial charge in [0.15, 0.2) is 0 Å². The van der Waals surface area contributed by atoms with Crippen molar-refractivity contribution < 1.29 is 18.8 Å². The minimum atomic E-state index is -0.363. The van der Waals surface area contributed by atoms with Crippen molar-refractivity contribution in [2.45, 2.75) is 26.8 Å². The van der Waals surface area contributed by atoms with E-state index in [1.165, 1.54) is 12.1 Å². The van der Waals surface area contributed by atoms with Crippen molar-refractivity contribution in [2.24, 2.45) is 0 Å². The number of carbonyl (C=O) groups is 3. The molecule has 4 rings (SSSR count). The minimum absolute atomic E-state index is 0.161. The Bertz CT molecular complexity index is 1350. The molecule has 0 radical (unpaired) electrons. The first-order valence-electron chi connectivity index (χ1n) is 13.4. The van der Waals surface area contributed by atoms with E-state index in [2.05, 4.69) is 26.2 Å². The van der Waals surface area contributed by atoms with Gasteiger partial charge in [-0.25, -0.2) is 14.0 Å². The lowest BCUT2D eigenvalue weighted by atomic mass is 10.1. The summed E-state index contributed by atoms with van der Waals surface area (Å²) in [5.74, 6) is -0.665. The predicted molar refractivity (Wildman–Crippen MR) is 155 cm³/mol. The first-order chi connectivity index (χ1) is 19.3. The number of urea groups is 2. The molecule has 1 aliphatic rings. The van der Waals surface area contributed by atoms with Crippen LogP contribution in [0.25, 0.3) is 0 Å². The van der Waals surface area contributed by atoms with E-state index in [9.17, 15) is 18.8 Å². The molecular formula is C30H35FN6O3. The van der Waals surface area contributed by atoms with E-state index in [-0.39, 0.29) is 30.3 Å². The molecule has 3 aromatic carbocycles. The van der Waals surface area contributed by atoms with Gasteiger partial charge in [-0.05, 0) is 73.9 Å². The van der Waals surface area contributed by atoms with Crippen LogP contribution < -0.4 is 26.2 Å². The maximum Gasteiger partial charge on any atom is 0.321 e. The second-order valence-electron chi connectivity index (χ2n) is 9.65. The molecular weight excluding hydrogens is 511 g/mol. The molecule has 9 nitrogen and oxygen atoms in total. The van der Waals surface area contributed by atoms with Crippen molar-refractivity contribution in [3.05, 3.63) is 89.2 Å². The number of anilines is 3. The summed E-state index contributed by atoms with van der Waals surface area (Å²) < 4.78 is 13.3. The smallest absolute Gasteiger partial charge is 0.321 e. The van der Waals surface area contributed by atoms with Gasteiger partial charge in [0.25, 0.3) is 5.91 Å². The van der Waals surface area contributed by atoms with E-state index in [1.807, 2.05) is 44.2 Å².